The summed E-state index contributed by atoms with van der Waals surface area (Å²) in [6.07, 6.45) is 3.60. The van der Waals surface area contributed by atoms with Crippen molar-refractivity contribution in [1.82, 2.24) is 0 Å². The van der Waals surface area contributed by atoms with Crippen LogP contribution in [0.4, 0.5) is 0 Å². The molecule has 0 heterocycles. The molecule has 0 aromatic carbocycles. The molecular formula is C8H14O2. The largest absolute Gasteiger partial charge is 0.393 e. The molecule has 2 rings (SSSR count). The van der Waals surface area contributed by atoms with E-state index in [0.717, 1.165) is 25.7 Å². The third kappa shape index (κ3) is 0.867. The summed E-state index contributed by atoms with van der Waals surface area (Å²) >= 11 is 0. The first-order valence-electron chi connectivity index (χ1n) is 4.13. The lowest BCUT2D eigenvalue weighted by atomic mass is 9.86. The van der Waals surface area contributed by atoms with E-state index in [4.69, 9.17) is 0 Å². The molecule has 2 heteroatoms. The van der Waals surface area contributed by atoms with Crippen LogP contribution in [-0.2, 0) is 0 Å². The van der Waals surface area contributed by atoms with Gasteiger partial charge in [-0.3, -0.25) is 0 Å². The van der Waals surface area contributed by atoms with E-state index < -0.39 is 0 Å². The summed E-state index contributed by atoms with van der Waals surface area (Å²) in [5, 5.41) is 18.8. The molecule has 0 amide bonds. The Morgan fingerprint density at radius 3 is 2.40 bits per heavy atom. The fourth-order valence-corrected chi connectivity index (χ4v) is 2.42. The molecule has 2 saturated carbocycles. The zero-order valence-electron chi connectivity index (χ0n) is 6.03. The molecule has 58 valence electrons. The first-order valence-corrected chi connectivity index (χ1v) is 4.13. The Balaban J connectivity index is 2.10. The molecule has 4 unspecified atom stereocenters. The molecule has 4 atom stereocenters. The molecule has 2 nitrogen and oxygen atoms in total. The molecule has 0 aromatic heterocycles. The predicted octanol–water partition coefficient (Wildman–Crippen LogP) is 0.528. The highest BCUT2D eigenvalue weighted by Gasteiger charge is 2.40. The Morgan fingerprint density at radius 2 is 1.70 bits per heavy atom. The van der Waals surface area contributed by atoms with Crippen LogP contribution in [0.2, 0.25) is 0 Å². The van der Waals surface area contributed by atoms with Crippen LogP contribution < -0.4 is 0 Å². The van der Waals surface area contributed by atoms with Gasteiger partial charge < -0.3 is 10.2 Å². The standard InChI is InChI=1S/C8H14O2/c9-7-2-1-5-3-6(7)8(10)4-5/h5-10H,1-4H2. The van der Waals surface area contributed by atoms with Crippen LogP contribution >= 0.6 is 0 Å². The highest BCUT2D eigenvalue weighted by Crippen LogP contribution is 2.41. The van der Waals surface area contributed by atoms with Crippen LogP contribution in [-0.4, -0.2) is 22.4 Å². The minimum Gasteiger partial charge on any atom is -0.393 e. The Hall–Kier alpha value is -0.0800. The van der Waals surface area contributed by atoms with Crippen LogP contribution in [0.3, 0.4) is 0 Å². The molecular weight excluding hydrogens is 128 g/mol. The summed E-state index contributed by atoms with van der Waals surface area (Å²) in [5.74, 6) is 0.919. The lowest BCUT2D eigenvalue weighted by molar-refractivity contribution is 0.0219. The molecule has 10 heavy (non-hydrogen) atoms. The molecule has 0 spiro atoms. The van der Waals surface area contributed by atoms with E-state index in [-0.39, 0.29) is 18.1 Å². The topological polar surface area (TPSA) is 40.5 Å². The summed E-state index contributed by atoms with van der Waals surface area (Å²) in [7, 11) is 0. The van der Waals surface area contributed by atoms with Gasteiger partial charge in [-0.2, -0.15) is 0 Å². The number of hydrogen-bond acceptors (Lipinski definition) is 2. The van der Waals surface area contributed by atoms with E-state index in [0.29, 0.717) is 5.92 Å². The first-order chi connectivity index (χ1) is 4.77. The molecule has 0 saturated heterocycles. The van der Waals surface area contributed by atoms with Gasteiger partial charge in [0.25, 0.3) is 0 Å². The zero-order valence-corrected chi connectivity index (χ0v) is 6.03. The number of aliphatic hydroxyl groups is 2. The second-order valence-corrected chi connectivity index (χ2v) is 3.71. The van der Waals surface area contributed by atoms with E-state index >= 15 is 0 Å². The minimum atomic E-state index is -0.214. The van der Waals surface area contributed by atoms with Gasteiger partial charge in [0.2, 0.25) is 0 Å². The maximum atomic E-state index is 9.41. The Bertz CT molecular complexity index is 131. The van der Waals surface area contributed by atoms with Gasteiger partial charge in [0, 0.05) is 5.92 Å². The van der Waals surface area contributed by atoms with Gasteiger partial charge >= 0.3 is 0 Å². The molecule has 2 bridgehead atoms. The number of aliphatic hydroxyl groups excluding tert-OH is 2. The van der Waals surface area contributed by atoms with Gasteiger partial charge in [-0.05, 0) is 31.6 Å². The third-order valence-corrected chi connectivity index (χ3v) is 3.04. The van der Waals surface area contributed by atoms with Gasteiger partial charge in [0.1, 0.15) is 0 Å². The molecule has 2 aliphatic rings. The van der Waals surface area contributed by atoms with Gasteiger partial charge in [-0.15, -0.1) is 0 Å². The molecule has 2 fully saturated rings. The van der Waals surface area contributed by atoms with Gasteiger partial charge in [-0.25, -0.2) is 0 Å². The maximum Gasteiger partial charge on any atom is 0.0595 e. The van der Waals surface area contributed by atoms with Crippen LogP contribution in [0, 0.1) is 11.8 Å². The summed E-state index contributed by atoms with van der Waals surface area (Å²) < 4.78 is 0. The monoisotopic (exact) mass is 142 g/mol. The highest BCUT2D eigenvalue weighted by molar-refractivity contribution is 4.91. The van der Waals surface area contributed by atoms with Crippen molar-refractivity contribution in [2.24, 2.45) is 11.8 Å². The van der Waals surface area contributed by atoms with Gasteiger partial charge in [0.15, 0.2) is 0 Å². The lowest BCUT2D eigenvalue weighted by Crippen LogP contribution is -2.28. The van der Waals surface area contributed by atoms with Crippen LogP contribution in [0.25, 0.3) is 0 Å². The summed E-state index contributed by atoms with van der Waals surface area (Å²) in [5.41, 5.74) is 0. The van der Waals surface area contributed by atoms with Crippen LogP contribution in [0.15, 0.2) is 0 Å². The number of fused-ring (bicyclic) bond motifs is 2. The van der Waals surface area contributed by atoms with Crippen molar-refractivity contribution in [1.29, 1.82) is 0 Å². The van der Waals surface area contributed by atoms with E-state index in [1.165, 1.54) is 0 Å². The molecule has 2 N–H and O–H groups in total. The van der Waals surface area contributed by atoms with Crippen molar-refractivity contribution in [2.45, 2.75) is 37.9 Å². The maximum absolute atomic E-state index is 9.41. The average Bonchev–Trinajstić information content (AvgIpc) is 2.21. The van der Waals surface area contributed by atoms with Crippen LogP contribution in [0.5, 0.6) is 0 Å². The SMILES string of the molecule is OC1CCC2CC(O)C1C2. The first kappa shape index (κ1) is 6.62. The summed E-state index contributed by atoms with van der Waals surface area (Å²) in [6, 6.07) is 0. The fourth-order valence-electron chi connectivity index (χ4n) is 2.42. The number of rotatable bonds is 0. The molecule has 0 radical (unpaired) electrons. The quantitative estimate of drug-likeness (QED) is 0.518. The average molecular weight is 142 g/mol. The van der Waals surface area contributed by atoms with Crippen molar-refractivity contribution in [3.63, 3.8) is 0 Å². The van der Waals surface area contributed by atoms with Crippen molar-refractivity contribution in [3.05, 3.63) is 0 Å². The van der Waals surface area contributed by atoms with E-state index in [1.807, 2.05) is 0 Å². The minimum absolute atomic E-state index is 0.206. The van der Waals surface area contributed by atoms with Crippen molar-refractivity contribution in [2.75, 3.05) is 0 Å². The Kier molecular flexibility index (Phi) is 1.46. The summed E-state index contributed by atoms with van der Waals surface area (Å²) in [6.45, 7) is 0. The van der Waals surface area contributed by atoms with E-state index in [2.05, 4.69) is 0 Å². The third-order valence-electron chi connectivity index (χ3n) is 3.04. The van der Waals surface area contributed by atoms with Gasteiger partial charge in [0.05, 0.1) is 12.2 Å². The molecule has 2 aliphatic carbocycles. The van der Waals surface area contributed by atoms with Crippen LogP contribution in [0.1, 0.15) is 25.7 Å². The normalized spacial score (nSPS) is 53.4. The molecule has 0 aromatic rings. The smallest absolute Gasteiger partial charge is 0.0595 e. The fraction of sp³-hybridized carbons (Fsp3) is 1.00. The van der Waals surface area contributed by atoms with Crippen molar-refractivity contribution in [3.8, 4) is 0 Å². The Labute approximate surface area is 60.9 Å². The van der Waals surface area contributed by atoms with Crippen molar-refractivity contribution >= 4 is 0 Å². The number of hydrogen-bond donors (Lipinski definition) is 2. The second kappa shape index (κ2) is 2.21. The van der Waals surface area contributed by atoms with Crippen molar-refractivity contribution < 1.29 is 10.2 Å². The zero-order chi connectivity index (χ0) is 7.14. The lowest BCUT2D eigenvalue weighted by Gasteiger charge is -2.24. The Morgan fingerprint density at radius 1 is 0.900 bits per heavy atom. The highest BCUT2D eigenvalue weighted by atomic mass is 16.3. The second-order valence-electron chi connectivity index (χ2n) is 3.71. The molecule has 0 aliphatic heterocycles. The summed E-state index contributed by atoms with van der Waals surface area (Å²) in [4.78, 5) is 0. The van der Waals surface area contributed by atoms with Gasteiger partial charge in [-0.1, -0.05) is 0 Å². The van der Waals surface area contributed by atoms with E-state index in [9.17, 15) is 10.2 Å². The predicted molar refractivity (Wildman–Crippen MR) is 37.5 cm³/mol. The van der Waals surface area contributed by atoms with E-state index in [1.54, 1.807) is 0 Å².